The van der Waals surface area contributed by atoms with Crippen LogP contribution in [0.1, 0.15) is 32.3 Å². The van der Waals surface area contributed by atoms with Crippen molar-refractivity contribution in [1.29, 1.82) is 0 Å². The lowest BCUT2D eigenvalue weighted by Gasteiger charge is -2.35. The van der Waals surface area contributed by atoms with E-state index >= 15 is 0 Å². The molecule has 2 amide bonds. The van der Waals surface area contributed by atoms with E-state index in [1.807, 2.05) is 44.2 Å². The number of nitrogens with two attached hydrogens (primary N) is 1. The zero-order valence-corrected chi connectivity index (χ0v) is 26.6. The normalized spacial score (nSPS) is 21.1. The molecule has 13 nitrogen and oxygen atoms in total. The summed E-state index contributed by atoms with van der Waals surface area (Å²) in [6.45, 7) is 3.97. The number of carbonyl (C=O) groups is 2. The van der Waals surface area contributed by atoms with Gasteiger partial charge in [0.05, 0.1) is 49.9 Å². The number of primary amides is 1. The maximum atomic E-state index is 14.0. The molecule has 0 bridgehead atoms. The Bertz CT molecular complexity index is 1370. The summed E-state index contributed by atoms with van der Waals surface area (Å²) in [7, 11) is -2.67. The van der Waals surface area contributed by atoms with E-state index < -0.39 is 52.2 Å². The second-order valence-electron chi connectivity index (χ2n) is 12.0. The molecule has 2 fully saturated rings. The number of carbonyl (C=O) groups excluding carboxylic acids is 2. The molecule has 0 aliphatic carbocycles. The number of ether oxygens (including phenoxy) is 5. The number of hydrogen-bond acceptors (Lipinski definition) is 10. The summed E-state index contributed by atoms with van der Waals surface area (Å²) in [6.07, 6.45) is -2.70. The average molecular weight is 650 g/mol. The van der Waals surface area contributed by atoms with Gasteiger partial charge in [-0.3, -0.25) is 0 Å². The molecule has 0 radical (unpaired) electrons. The third-order valence-corrected chi connectivity index (χ3v) is 9.85. The van der Waals surface area contributed by atoms with Crippen LogP contribution in [0.3, 0.4) is 0 Å². The van der Waals surface area contributed by atoms with Gasteiger partial charge < -0.3 is 39.8 Å². The van der Waals surface area contributed by atoms with E-state index in [-0.39, 0.29) is 43.5 Å². The van der Waals surface area contributed by atoms with Gasteiger partial charge in [0.15, 0.2) is 6.29 Å². The van der Waals surface area contributed by atoms with Crippen LogP contribution in [-0.2, 0) is 35.4 Å². The molecule has 0 unspecified atom stereocenters. The molecule has 2 aliphatic heterocycles. The molecule has 2 saturated heterocycles. The van der Waals surface area contributed by atoms with Crippen LogP contribution >= 0.6 is 0 Å². The molecule has 45 heavy (non-hydrogen) atoms. The van der Waals surface area contributed by atoms with Crippen LogP contribution in [0.15, 0.2) is 59.5 Å². The molecule has 0 aromatic heterocycles. The van der Waals surface area contributed by atoms with Crippen LogP contribution in [0.5, 0.6) is 5.75 Å². The van der Waals surface area contributed by atoms with Crippen LogP contribution in [0.25, 0.3) is 0 Å². The molecule has 2 aromatic rings. The minimum absolute atomic E-state index is 0.00114. The Morgan fingerprint density at radius 1 is 1.13 bits per heavy atom. The Balaban J connectivity index is 1.56. The van der Waals surface area contributed by atoms with Crippen LogP contribution in [0.2, 0.25) is 0 Å². The second kappa shape index (κ2) is 15.2. The zero-order chi connectivity index (χ0) is 32.6. The first kappa shape index (κ1) is 34.4. The molecule has 5 atom stereocenters. The van der Waals surface area contributed by atoms with Gasteiger partial charge in [-0.2, -0.15) is 4.31 Å². The number of amides is 2. The largest absolute Gasteiger partial charge is 0.497 e. The van der Waals surface area contributed by atoms with Crippen molar-refractivity contribution in [3.8, 4) is 5.75 Å². The number of aliphatic hydroxyl groups excluding tert-OH is 1. The van der Waals surface area contributed by atoms with E-state index in [2.05, 4.69) is 5.32 Å². The van der Waals surface area contributed by atoms with Crippen molar-refractivity contribution >= 4 is 22.2 Å². The van der Waals surface area contributed by atoms with Crippen LogP contribution in [-0.4, -0.2) is 94.6 Å². The lowest BCUT2D eigenvalue weighted by molar-refractivity contribution is -0.0907. The number of sulfonamides is 1. The topological polar surface area (TPSA) is 176 Å². The Morgan fingerprint density at radius 2 is 1.84 bits per heavy atom. The number of hydrogen-bond donors (Lipinski definition) is 3. The number of aliphatic hydroxyl groups is 1. The number of benzene rings is 2. The van der Waals surface area contributed by atoms with Gasteiger partial charge in [0.25, 0.3) is 0 Å². The summed E-state index contributed by atoms with van der Waals surface area (Å²) in [5, 5.41) is 14.4. The summed E-state index contributed by atoms with van der Waals surface area (Å²) in [5.74, 6) is 0.414. The molecule has 2 aliphatic rings. The van der Waals surface area contributed by atoms with Gasteiger partial charge in [0, 0.05) is 13.1 Å². The average Bonchev–Trinajstić information content (AvgIpc) is 3.62. The lowest BCUT2D eigenvalue weighted by Crippen LogP contribution is -2.52. The maximum absolute atomic E-state index is 14.0. The zero-order valence-electron chi connectivity index (χ0n) is 25.8. The molecule has 248 valence electrons. The minimum atomic E-state index is -4.15. The molecule has 2 heterocycles. The summed E-state index contributed by atoms with van der Waals surface area (Å²) < 4.78 is 56.0. The molecular formula is C31H43N3O10S. The predicted molar refractivity (Wildman–Crippen MR) is 163 cm³/mol. The van der Waals surface area contributed by atoms with Crippen molar-refractivity contribution in [2.24, 2.45) is 17.1 Å². The Kier molecular flexibility index (Phi) is 11.7. The summed E-state index contributed by atoms with van der Waals surface area (Å²) in [4.78, 5) is 24.2. The number of methoxy groups -OCH3 is 1. The number of nitrogens with zero attached hydrogens (tertiary/aromatic N) is 1. The second-order valence-corrected chi connectivity index (χ2v) is 14.0. The van der Waals surface area contributed by atoms with Crippen molar-refractivity contribution < 1.29 is 46.8 Å². The first-order valence-electron chi connectivity index (χ1n) is 14.9. The summed E-state index contributed by atoms with van der Waals surface area (Å²) >= 11 is 0. The monoisotopic (exact) mass is 649 g/mol. The molecule has 4 N–H and O–H groups in total. The highest BCUT2D eigenvalue weighted by molar-refractivity contribution is 7.89. The van der Waals surface area contributed by atoms with Crippen molar-refractivity contribution in [3.63, 3.8) is 0 Å². The van der Waals surface area contributed by atoms with Crippen molar-refractivity contribution in [2.45, 2.75) is 62.5 Å². The fourth-order valence-electron chi connectivity index (χ4n) is 5.49. The number of nitrogens with one attached hydrogen (secondary N) is 1. The minimum Gasteiger partial charge on any atom is -0.497 e. The molecule has 2 aromatic carbocycles. The van der Waals surface area contributed by atoms with E-state index in [1.165, 1.54) is 35.7 Å². The lowest BCUT2D eigenvalue weighted by atomic mass is 9.89. The van der Waals surface area contributed by atoms with Crippen LogP contribution in [0, 0.1) is 11.3 Å². The van der Waals surface area contributed by atoms with E-state index in [0.29, 0.717) is 25.2 Å². The van der Waals surface area contributed by atoms with Gasteiger partial charge in [-0.15, -0.1) is 0 Å². The van der Waals surface area contributed by atoms with Gasteiger partial charge in [0.1, 0.15) is 11.9 Å². The van der Waals surface area contributed by atoms with Gasteiger partial charge in [-0.25, -0.2) is 18.0 Å². The number of fused-ring (bicyclic) bond motifs is 1. The fourth-order valence-corrected chi connectivity index (χ4v) is 7.13. The first-order chi connectivity index (χ1) is 21.4. The maximum Gasteiger partial charge on any atom is 0.407 e. The van der Waals surface area contributed by atoms with E-state index in [1.54, 1.807) is 0 Å². The summed E-state index contributed by atoms with van der Waals surface area (Å²) in [5.41, 5.74) is 5.23. The van der Waals surface area contributed by atoms with E-state index in [4.69, 9.17) is 29.4 Å². The third kappa shape index (κ3) is 9.53. The molecular weight excluding hydrogens is 606 g/mol. The molecule has 0 saturated carbocycles. The van der Waals surface area contributed by atoms with Crippen molar-refractivity contribution in [3.05, 3.63) is 60.2 Å². The standard InChI is InChI=1S/C31H43N3O10S/c1-31(2,14-16-42-29(32)36)20-34(45(38,39)23-11-9-22(40-3)10-12-23)18-26(35)25(17-21-7-5-4-6-8-21)33-30(37)44-27-19-43-28-24(27)13-15-41-28/h4-12,24-28,35H,13-20H2,1-3H3,(H2,32,36)(H,33,37)/t24-,25-,26+,27-,28+/m0/s1. The Hall–Kier alpha value is -3.43. The number of alkyl carbamates (subject to hydrolysis) is 1. The van der Waals surface area contributed by atoms with Gasteiger partial charge in [-0.1, -0.05) is 44.2 Å². The highest BCUT2D eigenvalue weighted by atomic mass is 32.2. The highest BCUT2D eigenvalue weighted by Crippen LogP contribution is 2.33. The number of rotatable bonds is 15. The van der Waals surface area contributed by atoms with Gasteiger partial charge in [0.2, 0.25) is 10.0 Å². The molecule has 14 heteroatoms. The van der Waals surface area contributed by atoms with E-state index in [0.717, 1.165) is 5.56 Å². The quantitative estimate of drug-likeness (QED) is 0.260. The SMILES string of the molecule is COc1ccc(S(=O)(=O)N(C[C@@H](O)[C@H](Cc2ccccc2)NC(=O)O[C@H]2CO[C@H]3OCC[C@H]32)CC(C)(C)CCOC(N)=O)cc1. The van der Waals surface area contributed by atoms with Gasteiger partial charge >= 0.3 is 12.2 Å². The molecule has 0 spiro atoms. The highest BCUT2D eigenvalue weighted by Gasteiger charge is 2.44. The Morgan fingerprint density at radius 3 is 2.51 bits per heavy atom. The third-order valence-electron chi connectivity index (χ3n) is 8.03. The van der Waals surface area contributed by atoms with Crippen molar-refractivity contribution in [1.82, 2.24) is 9.62 Å². The van der Waals surface area contributed by atoms with Crippen LogP contribution < -0.4 is 15.8 Å². The Labute approximate surface area is 264 Å². The smallest absolute Gasteiger partial charge is 0.407 e. The van der Waals surface area contributed by atoms with Crippen molar-refractivity contribution in [2.75, 3.05) is 40.0 Å². The van der Waals surface area contributed by atoms with Gasteiger partial charge in [-0.05, 0) is 54.5 Å². The predicted octanol–water partition coefficient (Wildman–Crippen LogP) is 2.66. The van der Waals surface area contributed by atoms with Crippen LogP contribution in [0.4, 0.5) is 9.59 Å². The van der Waals surface area contributed by atoms with E-state index in [9.17, 15) is 23.1 Å². The fraction of sp³-hybridized carbons (Fsp3) is 0.548. The molecule has 4 rings (SSSR count). The first-order valence-corrected chi connectivity index (χ1v) is 16.3. The summed E-state index contributed by atoms with van der Waals surface area (Å²) in [6, 6.07) is 14.3.